The summed E-state index contributed by atoms with van der Waals surface area (Å²) in [7, 11) is 0. The lowest BCUT2D eigenvalue weighted by molar-refractivity contribution is -0.119. The van der Waals surface area contributed by atoms with Gasteiger partial charge < -0.3 is 16.4 Å². The van der Waals surface area contributed by atoms with Crippen LogP contribution in [0.2, 0.25) is 0 Å². The zero-order chi connectivity index (χ0) is 19.6. The smallest absolute Gasteiger partial charge is 0.257 e. The number of nitrogens with two attached hydrogens (primary N) is 1. The van der Waals surface area contributed by atoms with Gasteiger partial charge in [-0.25, -0.2) is 4.98 Å². The van der Waals surface area contributed by atoms with Crippen molar-refractivity contribution in [3.8, 4) is 0 Å². The van der Waals surface area contributed by atoms with E-state index < -0.39 is 0 Å². The molecule has 0 aliphatic carbocycles. The maximum Gasteiger partial charge on any atom is 0.257 e. The van der Waals surface area contributed by atoms with Gasteiger partial charge in [-0.3, -0.25) is 14.9 Å². The molecule has 1 aromatic carbocycles. The summed E-state index contributed by atoms with van der Waals surface area (Å²) in [6.45, 7) is 5.28. The van der Waals surface area contributed by atoms with Crippen molar-refractivity contribution in [2.24, 2.45) is 5.73 Å². The molecule has 8 heteroatoms. The Morgan fingerprint density at radius 3 is 2.70 bits per heavy atom. The molecule has 1 heterocycles. The van der Waals surface area contributed by atoms with Crippen molar-refractivity contribution in [3.05, 3.63) is 40.4 Å². The Bertz CT molecular complexity index is 775. The van der Waals surface area contributed by atoms with Crippen LogP contribution < -0.4 is 21.7 Å². The summed E-state index contributed by atoms with van der Waals surface area (Å²) in [5, 5.41) is 9.36. The Labute approximate surface area is 163 Å². The van der Waals surface area contributed by atoms with Crippen molar-refractivity contribution in [2.75, 3.05) is 30.3 Å². The van der Waals surface area contributed by atoms with Crippen LogP contribution in [0.15, 0.2) is 24.4 Å². The number of hydrogen-bond acceptors (Lipinski definition) is 6. The van der Waals surface area contributed by atoms with E-state index in [-0.39, 0.29) is 18.4 Å². The first kappa shape index (κ1) is 20.9. The molecule has 0 saturated carbocycles. The number of benzene rings is 1. The fraction of sp³-hybridized carbons (Fsp3) is 0.421. The number of hydrogen-bond donors (Lipinski definition) is 4. The second kappa shape index (κ2) is 10.6. The summed E-state index contributed by atoms with van der Waals surface area (Å²) in [6.07, 6.45) is 4.63. The second-order valence-electron chi connectivity index (χ2n) is 6.26. The Morgan fingerprint density at radius 1 is 1.19 bits per heavy atom. The van der Waals surface area contributed by atoms with Crippen molar-refractivity contribution in [1.29, 1.82) is 0 Å². The van der Waals surface area contributed by atoms with Crippen molar-refractivity contribution in [1.82, 2.24) is 10.3 Å². The van der Waals surface area contributed by atoms with E-state index in [0.29, 0.717) is 23.8 Å². The monoisotopic (exact) mass is 389 g/mol. The highest BCUT2D eigenvalue weighted by Gasteiger charge is 2.13. The summed E-state index contributed by atoms with van der Waals surface area (Å²) in [6, 6.07) is 5.41. The second-order valence-corrected chi connectivity index (χ2v) is 7.50. The number of aromatic nitrogens is 1. The van der Waals surface area contributed by atoms with Crippen LogP contribution in [-0.2, 0) is 4.79 Å². The predicted octanol–water partition coefficient (Wildman–Crippen LogP) is 2.67. The van der Waals surface area contributed by atoms with E-state index in [4.69, 9.17) is 5.73 Å². The van der Waals surface area contributed by atoms with Gasteiger partial charge in [0.05, 0.1) is 6.54 Å². The van der Waals surface area contributed by atoms with Crippen molar-refractivity contribution in [3.63, 3.8) is 0 Å². The fourth-order valence-corrected chi connectivity index (χ4v) is 3.22. The summed E-state index contributed by atoms with van der Waals surface area (Å²) in [5.74, 6) is -0.287. The highest BCUT2D eigenvalue weighted by molar-refractivity contribution is 7.15. The van der Waals surface area contributed by atoms with Gasteiger partial charge in [0, 0.05) is 28.9 Å². The number of anilines is 2. The van der Waals surface area contributed by atoms with Gasteiger partial charge in [-0.15, -0.1) is 11.3 Å². The molecule has 0 fully saturated rings. The molecule has 0 aliphatic heterocycles. The molecule has 0 unspecified atom stereocenters. The first-order chi connectivity index (χ1) is 13.0. The minimum atomic E-state index is -0.213. The van der Waals surface area contributed by atoms with Crippen LogP contribution in [0.4, 0.5) is 10.8 Å². The highest BCUT2D eigenvalue weighted by atomic mass is 32.1. The number of unbranched alkanes of at least 4 members (excludes halogenated alkanes) is 2. The van der Waals surface area contributed by atoms with Crippen LogP contribution in [0.25, 0.3) is 0 Å². The minimum Gasteiger partial charge on any atom is -0.376 e. The molecule has 0 spiro atoms. The van der Waals surface area contributed by atoms with E-state index in [9.17, 15) is 9.59 Å². The molecule has 7 nitrogen and oxygen atoms in total. The summed E-state index contributed by atoms with van der Waals surface area (Å²) >= 11 is 1.43. The zero-order valence-electron chi connectivity index (χ0n) is 15.8. The Morgan fingerprint density at radius 2 is 2.00 bits per heavy atom. The third kappa shape index (κ3) is 6.65. The summed E-state index contributed by atoms with van der Waals surface area (Å²) < 4.78 is 0. The maximum absolute atomic E-state index is 12.5. The normalized spacial score (nSPS) is 10.5. The molecule has 146 valence electrons. The number of nitrogens with one attached hydrogen (secondary N) is 3. The van der Waals surface area contributed by atoms with Gasteiger partial charge in [-0.2, -0.15) is 0 Å². The first-order valence-electron chi connectivity index (χ1n) is 9.05. The van der Waals surface area contributed by atoms with Crippen LogP contribution in [0.5, 0.6) is 0 Å². The molecule has 2 rings (SSSR count). The third-order valence-electron chi connectivity index (χ3n) is 4.06. The zero-order valence-corrected chi connectivity index (χ0v) is 16.6. The first-order valence-corrected chi connectivity index (χ1v) is 9.87. The van der Waals surface area contributed by atoms with Crippen LogP contribution in [0.1, 0.15) is 40.1 Å². The largest absolute Gasteiger partial charge is 0.376 e. The van der Waals surface area contributed by atoms with E-state index >= 15 is 0 Å². The number of nitrogens with zero attached hydrogens (tertiary/aromatic N) is 1. The van der Waals surface area contributed by atoms with Crippen molar-refractivity contribution >= 4 is 34.0 Å². The number of carbonyl (C=O) groups is 2. The van der Waals surface area contributed by atoms with Gasteiger partial charge in [-0.1, -0.05) is 12.5 Å². The van der Waals surface area contributed by atoms with Gasteiger partial charge >= 0.3 is 0 Å². The lowest BCUT2D eigenvalue weighted by atomic mass is 10.1. The predicted molar refractivity (Wildman–Crippen MR) is 110 cm³/mol. The van der Waals surface area contributed by atoms with Crippen LogP contribution in [0.3, 0.4) is 0 Å². The highest BCUT2D eigenvalue weighted by Crippen LogP contribution is 2.22. The van der Waals surface area contributed by atoms with Gasteiger partial charge in [-0.05, 0) is 50.9 Å². The molecule has 2 aromatic rings. The number of rotatable bonds is 10. The van der Waals surface area contributed by atoms with Crippen molar-refractivity contribution < 1.29 is 9.59 Å². The van der Waals surface area contributed by atoms with E-state index in [2.05, 4.69) is 20.9 Å². The van der Waals surface area contributed by atoms with E-state index in [0.717, 1.165) is 35.4 Å². The molecular weight excluding hydrogens is 362 g/mol. The molecule has 0 aliphatic rings. The molecule has 1 aromatic heterocycles. The third-order valence-corrected chi connectivity index (χ3v) is 4.89. The number of carbonyl (C=O) groups excluding carboxylic acids is 2. The van der Waals surface area contributed by atoms with Gasteiger partial charge in [0.25, 0.3) is 5.91 Å². The molecule has 0 saturated heterocycles. The van der Waals surface area contributed by atoms with E-state index in [1.807, 2.05) is 19.9 Å². The number of thiazole rings is 1. The lowest BCUT2D eigenvalue weighted by Gasteiger charge is -2.13. The quantitative estimate of drug-likeness (QED) is 0.467. The van der Waals surface area contributed by atoms with Gasteiger partial charge in [0.2, 0.25) is 5.91 Å². The van der Waals surface area contributed by atoms with E-state index in [1.54, 1.807) is 18.3 Å². The molecule has 27 heavy (non-hydrogen) atoms. The number of amides is 2. The standard InChI is InChI=1S/C19H27N5O2S/c1-13-11-23-19(27-13)24-18(26)15-7-6-8-16(14(15)2)22-12-17(25)21-10-5-3-4-9-20/h6-8,11,22H,3-5,9-10,12,20H2,1-2H3,(H,21,25)(H,23,24,26). The Hall–Kier alpha value is -2.45. The van der Waals surface area contributed by atoms with Crippen molar-refractivity contribution in [2.45, 2.75) is 33.1 Å². The Kier molecular flexibility index (Phi) is 8.22. The SMILES string of the molecule is Cc1cnc(NC(=O)c2cccc(NCC(=O)NCCCCCN)c2C)s1. The molecular formula is C19H27N5O2S. The number of aryl methyl sites for hydroxylation is 1. The molecule has 0 bridgehead atoms. The maximum atomic E-state index is 12.5. The van der Waals surface area contributed by atoms with Crippen LogP contribution in [-0.4, -0.2) is 36.4 Å². The summed E-state index contributed by atoms with van der Waals surface area (Å²) in [4.78, 5) is 29.6. The average Bonchev–Trinajstić information content (AvgIpc) is 3.05. The van der Waals surface area contributed by atoms with Gasteiger partial charge in [0.15, 0.2) is 5.13 Å². The molecule has 5 N–H and O–H groups in total. The molecule has 0 radical (unpaired) electrons. The Balaban J connectivity index is 1.88. The minimum absolute atomic E-state index is 0.0738. The lowest BCUT2D eigenvalue weighted by Crippen LogP contribution is -2.30. The average molecular weight is 390 g/mol. The topological polar surface area (TPSA) is 109 Å². The molecule has 2 amide bonds. The van der Waals surface area contributed by atoms with Crippen LogP contribution in [0, 0.1) is 13.8 Å². The fourth-order valence-electron chi connectivity index (χ4n) is 2.56. The van der Waals surface area contributed by atoms with Crippen LogP contribution >= 0.6 is 11.3 Å². The summed E-state index contributed by atoms with van der Waals surface area (Å²) in [5.41, 5.74) is 7.55. The molecule has 0 atom stereocenters. The van der Waals surface area contributed by atoms with Gasteiger partial charge in [0.1, 0.15) is 0 Å². The van der Waals surface area contributed by atoms with E-state index in [1.165, 1.54) is 11.3 Å².